The van der Waals surface area contributed by atoms with Crippen LogP contribution in [-0.2, 0) is 11.3 Å². The van der Waals surface area contributed by atoms with Gasteiger partial charge in [-0.3, -0.25) is 9.59 Å². The van der Waals surface area contributed by atoms with Gasteiger partial charge in [-0.25, -0.2) is 0 Å². The molecule has 0 saturated heterocycles. The SMILES string of the molecule is C/C=C/CCNC(=O)c1ccc(CNC(C)=O)cc1. The zero-order chi connectivity index (χ0) is 14.1. The van der Waals surface area contributed by atoms with Gasteiger partial charge in [0.1, 0.15) is 0 Å². The molecular weight excluding hydrogens is 240 g/mol. The summed E-state index contributed by atoms with van der Waals surface area (Å²) in [5.74, 6) is -0.138. The van der Waals surface area contributed by atoms with Crippen molar-refractivity contribution < 1.29 is 9.59 Å². The highest BCUT2D eigenvalue weighted by Crippen LogP contribution is 2.04. The second kappa shape index (κ2) is 8.08. The van der Waals surface area contributed by atoms with Gasteiger partial charge in [-0.05, 0) is 31.0 Å². The number of hydrogen-bond acceptors (Lipinski definition) is 2. The largest absolute Gasteiger partial charge is 0.352 e. The minimum Gasteiger partial charge on any atom is -0.352 e. The Morgan fingerprint density at radius 3 is 2.42 bits per heavy atom. The molecule has 0 saturated carbocycles. The Morgan fingerprint density at radius 2 is 1.84 bits per heavy atom. The fraction of sp³-hybridized carbons (Fsp3) is 0.333. The summed E-state index contributed by atoms with van der Waals surface area (Å²) in [6.45, 7) is 4.55. The summed E-state index contributed by atoms with van der Waals surface area (Å²) >= 11 is 0. The van der Waals surface area contributed by atoms with Gasteiger partial charge in [0.05, 0.1) is 0 Å². The van der Waals surface area contributed by atoms with Crippen LogP contribution >= 0.6 is 0 Å². The van der Waals surface area contributed by atoms with Crippen LogP contribution in [0.4, 0.5) is 0 Å². The number of allylic oxidation sites excluding steroid dienone is 1. The first-order valence-corrected chi connectivity index (χ1v) is 6.36. The van der Waals surface area contributed by atoms with Gasteiger partial charge in [0, 0.05) is 25.6 Å². The van der Waals surface area contributed by atoms with Gasteiger partial charge in [-0.2, -0.15) is 0 Å². The molecule has 102 valence electrons. The molecule has 1 aromatic carbocycles. The van der Waals surface area contributed by atoms with E-state index < -0.39 is 0 Å². The summed E-state index contributed by atoms with van der Waals surface area (Å²) < 4.78 is 0. The molecule has 4 heteroatoms. The predicted octanol–water partition coefficient (Wildman–Crippen LogP) is 2.02. The van der Waals surface area contributed by atoms with Gasteiger partial charge >= 0.3 is 0 Å². The van der Waals surface area contributed by atoms with Crippen LogP contribution in [-0.4, -0.2) is 18.4 Å². The van der Waals surface area contributed by atoms with Crippen LogP contribution in [0.3, 0.4) is 0 Å². The number of benzene rings is 1. The van der Waals surface area contributed by atoms with Gasteiger partial charge < -0.3 is 10.6 Å². The van der Waals surface area contributed by atoms with Crippen LogP contribution in [0, 0.1) is 0 Å². The average molecular weight is 260 g/mol. The van der Waals surface area contributed by atoms with E-state index in [0.717, 1.165) is 12.0 Å². The smallest absolute Gasteiger partial charge is 0.251 e. The summed E-state index contributed by atoms with van der Waals surface area (Å²) in [6, 6.07) is 7.22. The lowest BCUT2D eigenvalue weighted by atomic mass is 10.1. The first-order valence-electron chi connectivity index (χ1n) is 6.36. The molecule has 0 bridgehead atoms. The van der Waals surface area contributed by atoms with E-state index in [0.29, 0.717) is 18.7 Å². The molecule has 0 aliphatic rings. The molecule has 4 nitrogen and oxygen atoms in total. The third-order valence-corrected chi connectivity index (χ3v) is 2.59. The maximum atomic E-state index is 11.8. The van der Waals surface area contributed by atoms with Crippen molar-refractivity contribution in [3.8, 4) is 0 Å². The van der Waals surface area contributed by atoms with E-state index in [1.807, 2.05) is 31.2 Å². The van der Waals surface area contributed by atoms with Crippen molar-refractivity contribution >= 4 is 11.8 Å². The van der Waals surface area contributed by atoms with Crippen molar-refractivity contribution in [2.45, 2.75) is 26.8 Å². The molecule has 0 fully saturated rings. The van der Waals surface area contributed by atoms with Crippen LogP contribution < -0.4 is 10.6 Å². The van der Waals surface area contributed by atoms with Crippen molar-refractivity contribution in [2.75, 3.05) is 6.54 Å². The highest BCUT2D eigenvalue weighted by molar-refractivity contribution is 5.94. The topological polar surface area (TPSA) is 58.2 Å². The number of carbonyl (C=O) groups is 2. The van der Waals surface area contributed by atoms with E-state index in [2.05, 4.69) is 10.6 Å². The van der Waals surface area contributed by atoms with E-state index in [1.165, 1.54) is 6.92 Å². The van der Waals surface area contributed by atoms with Gasteiger partial charge in [-0.15, -0.1) is 0 Å². The third kappa shape index (κ3) is 5.86. The van der Waals surface area contributed by atoms with Gasteiger partial charge in [0.2, 0.25) is 5.91 Å². The van der Waals surface area contributed by atoms with Gasteiger partial charge in [0.15, 0.2) is 0 Å². The molecule has 0 aliphatic heterocycles. The Labute approximate surface area is 113 Å². The van der Waals surface area contributed by atoms with E-state index in [4.69, 9.17) is 0 Å². The molecule has 0 spiro atoms. The average Bonchev–Trinajstić information content (AvgIpc) is 2.41. The molecule has 1 rings (SSSR count). The van der Waals surface area contributed by atoms with Crippen molar-refractivity contribution in [1.29, 1.82) is 0 Å². The van der Waals surface area contributed by atoms with Crippen LogP contribution in [0.15, 0.2) is 36.4 Å². The maximum absolute atomic E-state index is 11.8. The van der Waals surface area contributed by atoms with Gasteiger partial charge in [0.25, 0.3) is 5.91 Å². The van der Waals surface area contributed by atoms with Crippen LogP contribution in [0.5, 0.6) is 0 Å². The standard InChI is InChI=1S/C15H20N2O2/c1-3-4-5-10-16-15(19)14-8-6-13(7-9-14)11-17-12(2)18/h3-4,6-9H,5,10-11H2,1-2H3,(H,16,19)(H,17,18)/b4-3+. The van der Waals surface area contributed by atoms with E-state index in [1.54, 1.807) is 12.1 Å². The Hall–Kier alpha value is -2.10. The molecule has 0 aromatic heterocycles. The van der Waals surface area contributed by atoms with Crippen molar-refractivity contribution in [1.82, 2.24) is 10.6 Å². The molecule has 19 heavy (non-hydrogen) atoms. The number of rotatable bonds is 6. The fourth-order valence-corrected chi connectivity index (χ4v) is 1.54. The molecule has 0 aliphatic carbocycles. The van der Waals surface area contributed by atoms with Crippen molar-refractivity contribution in [3.63, 3.8) is 0 Å². The highest BCUT2D eigenvalue weighted by atomic mass is 16.2. The maximum Gasteiger partial charge on any atom is 0.251 e. The summed E-state index contributed by atoms with van der Waals surface area (Å²) in [5.41, 5.74) is 1.60. The number of amides is 2. The second-order valence-electron chi connectivity index (χ2n) is 4.22. The van der Waals surface area contributed by atoms with E-state index >= 15 is 0 Å². The Kier molecular flexibility index (Phi) is 6.36. The number of nitrogens with one attached hydrogen (secondary N) is 2. The molecule has 2 N–H and O–H groups in total. The monoisotopic (exact) mass is 260 g/mol. The first kappa shape index (κ1) is 15.0. The van der Waals surface area contributed by atoms with Crippen molar-refractivity contribution in [2.24, 2.45) is 0 Å². The lowest BCUT2D eigenvalue weighted by molar-refractivity contribution is -0.119. The number of carbonyl (C=O) groups excluding carboxylic acids is 2. The Bertz CT molecular complexity index is 450. The summed E-state index contributed by atoms with van der Waals surface area (Å²) in [5, 5.41) is 5.56. The minimum atomic E-state index is -0.0735. The Morgan fingerprint density at radius 1 is 1.16 bits per heavy atom. The van der Waals surface area contributed by atoms with Crippen LogP contribution in [0.25, 0.3) is 0 Å². The zero-order valence-corrected chi connectivity index (χ0v) is 11.4. The molecule has 0 radical (unpaired) electrons. The quantitative estimate of drug-likeness (QED) is 0.607. The predicted molar refractivity (Wildman–Crippen MR) is 75.7 cm³/mol. The summed E-state index contributed by atoms with van der Waals surface area (Å²) in [6.07, 6.45) is 4.81. The lowest BCUT2D eigenvalue weighted by Crippen LogP contribution is -2.24. The van der Waals surface area contributed by atoms with Crippen LogP contribution in [0.2, 0.25) is 0 Å². The second-order valence-corrected chi connectivity index (χ2v) is 4.22. The number of hydrogen-bond donors (Lipinski definition) is 2. The van der Waals surface area contributed by atoms with Gasteiger partial charge in [-0.1, -0.05) is 24.3 Å². The molecule has 0 unspecified atom stereocenters. The summed E-state index contributed by atoms with van der Waals surface area (Å²) in [7, 11) is 0. The van der Waals surface area contributed by atoms with Crippen LogP contribution in [0.1, 0.15) is 36.2 Å². The lowest BCUT2D eigenvalue weighted by Gasteiger charge is -2.05. The highest BCUT2D eigenvalue weighted by Gasteiger charge is 2.04. The van der Waals surface area contributed by atoms with Crippen molar-refractivity contribution in [3.05, 3.63) is 47.5 Å². The molecule has 0 atom stereocenters. The molecular formula is C15H20N2O2. The fourth-order valence-electron chi connectivity index (χ4n) is 1.54. The molecule has 2 amide bonds. The summed E-state index contributed by atoms with van der Waals surface area (Å²) in [4.78, 5) is 22.6. The van der Waals surface area contributed by atoms with E-state index in [-0.39, 0.29) is 11.8 Å². The first-order chi connectivity index (χ1) is 9.13. The zero-order valence-electron chi connectivity index (χ0n) is 11.4. The molecule has 1 aromatic rings. The molecule has 0 heterocycles. The van der Waals surface area contributed by atoms with E-state index in [9.17, 15) is 9.59 Å². The third-order valence-electron chi connectivity index (χ3n) is 2.59. The Balaban J connectivity index is 2.46. The normalized spacial score (nSPS) is 10.4. The minimum absolute atomic E-state index is 0.0641.